The van der Waals surface area contributed by atoms with Crippen molar-refractivity contribution in [1.82, 2.24) is 4.98 Å². The van der Waals surface area contributed by atoms with Crippen LogP contribution in [0.25, 0.3) is 0 Å². The lowest BCUT2D eigenvalue weighted by Crippen LogP contribution is -2.04. The lowest BCUT2D eigenvalue weighted by Gasteiger charge is -2.16. The van der Waals surface area contributed by atoms with Gasteiger partial charge in [0.15, 0.2) is 11.5 Å². The van der Waals surface area contributed by atoms with E-state index in [0.29, 0.717) is 29.2 Å². The maximum absolute atomic E-state index is 10.4. The molecule has 1 unspecified atom stereocenters. The van der Waals surface area contributed by atoms with Gasteiger partial charge in [0, 0.05) is 11.8 Å². The first-order valence-corrected chi connectivity index (χ1v) is 7.36. The molecule has 1 heterocycles. The van der Waals surface area contributed by atoms with Crippen LogP contribution in [-0.4, -0.2) is 31.4 Å². The molecule has 0 bridgehead atoms. The van der Waals surface area contributed by atoms with Gasteiger partial charge in [-0.1, -0.05) is 0 Å². The maximum atomic E-state index is 10.4. The van der Waals surface area contributed by atoms with E-state index < -0.39 is 6.10 Å². The summed E-state index contributed by atoms with van der Waals surface area (Å²) in [6, 6.07) is 3.51. The van der Waals surface area contributed by atoms with Crippen molar-refractivity contribution < 1.29 is 19.3 Å². The molecule has 1 N–H and O–H groups in total. The van der Waals surface area contributed by atoms with Crippen molar-refractivity contribution in [1.29, 1.82) is 0 Å². The van der Waals surface area contributed by atoms with Crippen LogP contribution in [0.15, 0.2) is 17.5 Å². The molecule has 0 fully saturated rings. The molecule has 0 aliphatic heterocycles. The molecule has 114 valence electrons. The number of hydrogen-bond acceptors (Lipinski definition) is 6. The Kier molecular flexibility index (Phi) is 5.03. The van der Waals surface area contributed by atoms with Gasteiger partial charge in [-0.25, -0.2) is 4.98 Å². The number of methoxy groups -OCH3 is 3. The van der Waals surface area contributed by atoms with E-state index in [1.54, 1.807) is 44.8 Å². The fourth-order valence-corrected chi connectivity index (χ4v) is 2.74. The standard InChI is InChI=1S/C15H19NO4S/c1-9-16-11(8-21-9)7-12(17)10-5-13(18-2)15(20-4)14(6-10)19-3/h5-6,8,12,17H,7H2,1-4H3. The molecule has 6 heteroatoms. The summed E-state index contributed by atoms with van der Waals surface area (Å²) >= 11 is 1.57. The predicted octanol–water partition coefficient (Wildman–Crippen LogP) is 2.75. The highest BCUT2D eigenvalue weighted by molar-refractivity contribution is 7.09. The lowest BCUT2D eigenvalue weighted by molar-refractivity contribution is 0.176. The second-order valence-electron chi connectivity index (χ2n) is 4.54. The number of hydrogen-bond donors (Lipinski definition) is 1. The Hall–Kier alpha value is -1.79. The number of aryl methyl sites for hydroxylation is 1. The highest BCUT2D eigenvalue weighted by Gasteiger charge is 2.18. The Labute approximate surface area is 128 Å². The predicted molar refractivity (Wildman–Crippen MR) is 81.6 cm³/mol. The maximum Gasteiger partial charge on any atom is 0.203 e. The van der Waals surface area contributed by atoms with E-state index in [2.05, 4.69) is 4.98 Å². The summed E-state index contributed by atoms with van der Waals surface area (Å²) in [6.45, 7) is 1.94. The van der Waals surface area contributed by atoms with Gasteiger partial charge in [-0.05, 0) is 24.6 Å². The summed E-state index contributed by atoms with van der Waals surface area (Å²) in [5, 5.41) is 13.3. The molecule has 1 aromatic carbocycles. The molecular formula is C15H19NO4S. The summed E-state index contributed by atoms with van der Waals surface area (Å²) < 4.78 is 15.9. The van der Waals surface area contributed by atoms with Gasteiger partial charge in [-0.15, -0.1) is 11.3 Å². The molecule has 21 heavy (non-hydrogen) atoms. The summed E-state index contributed by atoms with van der Waals surface area (Å²) in [7, 11) is 4.66. The van der Waals surface area contributed by atoms with Crippen molar-refractivity contribution in [3.05, 3.63) is 33.8 Å². The van der Waals surface area contributed by atoms with Gasteiger partial charge in [-0.3, -0.25) is 0 Å². The SMILES string of the molecule is COc1cc(C(O)Cc2csc(C)n2)cc(OC)c1OC. The molecule has 0 saturated heterocycles. The second kappa shape index (κ2) is 6.78. The Bertz CT molecular complexity index is 586. The van der Waals surface area contributed by atoms with Crippen molar-refractivity contribution in [2.24, 2.45) is 0 Å². The molecule has 0 aliphatic carbocycles. The summed E-state index contributed by atoms with van der Waals surface area (Å²) in [5.74, 6) is 1.57. The topological polar surface area (TPSA) is 60.8 Å². The van der Waals surface area contributed by atoms with Crippen LogP contribution < -0.4 is 14.2 Å². The van der Waals surface area contributed by atoms with Gasteiger partial charge in [0.2, 0.25) is 5.75 Å². The smallest absolute Gasteiger partial charge is 0.203 e. The highest BCUT2D eigenvalue weighted by Crippen LogP contribution is 2.40. The van der Waals surface area contributed by atoms with E-state index in [4.69, 9.17) is 14.2 Å². The molecule has 1 aromatic heterocycles. The third-order valence-electron chi connectivity index (χ3n) is 3.14. The van der Waals surface area contributed by atoms with Crippen LogP contribution in [0.3, 0.4) is 0 Å². The molecule has 0 spiro atoms. The molecule has 2 rings (SSSR count). The van der Waals surface area contributed by atoms with Gasteiger partial charge < -0.3 is 19.3 Å². The molecule has 0 amide bonds. The van der Waals surface area contributed by atoms with Gasteiger partial charge in [0.05, 0.1) is 38.1 Å². The van der Waals surface area contributed by atoms with Crippen LogP contribution in [0.4, 0.5) is 0 Å². The summed E-state index contributed by atoms with van der Waals surface area (Å²) in [6.07, 6.45) is -0.233. The number of aliphatic hydroxyl groups excluding tert-OH is 1. The fourth-order valence-electron chi connectivity index (χ4n) is 2.11. The van der Waals surface area contributed by atoms with E-state index in [1.165, 1.54) is 0 Å². The minimum Gasteiger partial charge on any atom is -0.493 e. The first-order valence-electron chi connectivity index (χ1n) is 6.48. The van der Waals surface area contributed by atoms with E-state index in [1.807, 2.05) is 12.3 Å². The first-order chi connectivity index (χ1) is 10.1. The number of nitrogens with zero attached hydrogens (tertiary/aromatic N) is 1. The Morgan fingerprint density at radius 2 is 1.76 bits per heavy atom. The van der Waals surface area contributed by atoms with Crippen molar-refractivity contribution in [3.8, 4) is 17.2 Å². The van der Waals surface area contributed by atoms with Crippen LogP contribution in [0, 0.1) is 6.92 Å². The average Bonchev–Trinajstić information content (AvgIpc) is 2.90. The van der Waals surface area contributed by atoms with Gasteiger partial charge in [-0.2, -0.15) is 0 Å². The Balaban J connectivity index is 2.30. The fraction of sp³-hybridized carbons (Fsp3) is 0.400. The molecule has 1 atom stereocenters. The van der Waals surface area contributed by atoms with Crippen LogP contribution >= 0.6 is 11.3 Å². The number of rotatable bonds is 6. The largest absolute Gasteiger partial charge is 0.493 e. The Morgan fingerprint density at radius 3 is 2.19 bits per heavy atom. The monoisotopic (exact) mass is 309 g/mol. The van der Waals surface area contributed by atoms with Crippen LogP contribution in [0.1, 0.15) is 22.4 Å². The van der Waals surface area contributed by atoms with E-state index >= 15 is 0 Å². The molecule has 5 nitrogen and oxygen atoms in total. The summed E-state index contributed by atoms with van der Waals surface area (Å²) in [4.78, 5) is 4.37. The second-order valence-corrected chi connectivity index (χ2v) is 5.60. The first kappa shape index (κ1) is 15.6. The Morgan fingerprint density at radius 1 is 1.14 bits per heavy atom. The number of benzene rings is 1. The van der Waals surface area contributed by atoms with Crippen molar-refractivity contribution >= 4 is 11.3 Å². The van der Waals surface area contributed by atoms with Crippen LogP contribution in [0.2, 0.25) is 0 Å². The van der Waals surface area contributed by atoms with Gasteiger partial charge >= 0.3 is 0 Å². The van der Waals surface area contributed by atoms with Crippen molar-refractivity contribution in [3.63, 3.8) is 0 Å². The molecule has 0 radical (unpaired) electrons. The van der Waals surface area contributed by atoms with Crippen LogP contribution in [-0.2, 0) is 6.42 Å². The van der Waals surface area contributed by atoms with Gasteiger partial charge in [0.1, 0.15) is 0 Å². The number of aromatic nitrogens is 1. The minimum atomic E-state index is -0.680. The third-order valence-corrected chi connectivity index (χ3v) is 3.96. The number of aliphatic hydroxyl groups is 1. The van der Waals surface area contributed by atoms with Crippen molar-refractivity contribution in [2.75, 3.05) is 21.3 Å². The van der Waals surface area contributed by atoms with E-state index in [0.717, 1.165) is 10.7 Å². The van der Waals surface area contributed by atoms with Gasteiger partial charge in [0.25, 0.3) is 0 Å². The minimum absolute atomic E-state index is 0.447. The highest BCUT2D eigenvalue weighted by atomic mass is 32.1. The molecule has 0 saturated carbocycles. The van der Waals surface area contributed by atoms with Crippen molar-refractivity contribution in [2.45, 2.75) is 19.4 Å². The average molecular weight is 309 g/mol. The zero-order valence-corrected chi connectivity index (χ0v) is 13.4. The molecule has 2 aromatic rings. The normalized spacial score (nSPS) is 12.0. The van der Waals surface area contributed by atoms with Crippen LogP contribution in [0.5, 0.6) is 17.2 Å². The number of thiazole rings is 1. The lowest BCUT2D eigenvalue weighted by atomic mass is 10.0. The summed E-state index contributed by atoms with van der Waals surface area (Å²) in [5.41, 5.74) is 1.58. The third kappa shape index (κ3) is 3.46. The quantitative estimate of drug-likeness (QED) is 0.889. The van der Waals surface area contributed by atoms with E-state index in [9.17, 15) is 5.11 Å². The van der Waals surface area contributed by atoms with E-state index in [-0.39, 0.29) is 0 Å². The molecular weight excluding hydrogens is 290 g/mol. The number of ether oxygens (including phenoxy) is 3. The zero-order chi connectivity index (χ0) is 15.4. The zero-order valence-electron chi connectivity index (χ0n) is 12.5. The molecule has 0 aliphatic rings.